The van der Waals surface area contributed by atoms with Gasteiger partial charge in [0.2, 0.25) is 5.91 Å². The molecule has 2 N–H and O–H groups in total. The van der Waals surface area contributed by atoms with Crippen LogP contribution in [0.5, 0.6) is 0 Å². The Kier molecular flexibility index (Phi) is 5.69. The molecule has 2 aromatic rings. The average molecular weight is 435 g/mol. The highest BCUT2D eigenvalue weighted by Crippen LogP contribution is 2.49. The first-order chi connectivity index (χ1) is 15.6. The van der Waals surface area contributed by atoms with Crippen LogP contribution in [0.15, 0.2) is 47.4 Å². The number of hydrogen-bond donors (Lipinski definition) is 2. The Balaban J connectivity index is 1.53. The predicted octanol–water partition coefficient (Wildman–Crippen LogP) is 1.97. The molecule has 2 fully saturated rings. The van der Waals surface area contributed by atoms with Crippen molar-refractivity contribution in [2.45, 2.75) is 44.9 Å². The molecule has 1 amide bonds. The lowest BCUT2D eigenvalue weighted by atomic mass is 9.88. The molecule has 168 valence electrons. The fourth-order valence-corrected chi connectivity index (χ4v) is 5.46. The van der Waals surface area contributed by atoms with Gasteiger partial charge in [0.1, 0.15) is 0 Å². The molecule has 0 bridgehead atoms. The largest absolute Gasteiger partial charge is 0.396 e. The van der Waals surface area contributed by atoms with Crippen molar-refractivity contribution in [2.24, 2.45) is 17.8 Å². The molecule has 1 saturated carbocycles. The van der Waals surface area contributed by atoms with Crippen LogP contribution < -0.4 is 10.9 Å². The smallest absolute Gasteiger partial charge is 0.258 e. The molecule has 1 saturated heterocycles. The minimum atomic E-state index is -0.449. The molecule has 4 atom stereocenters. The second-order valence-electron chi connectivity index (χ2n) is 9.21. The van der Waals surface area contributed by atoms with Gasteiger partial charge < -0.3 is 15.0 Å². The van der Waals surface area contributed by atoms with E-state index in [0.29, 0.717) is 31.1 Å². The number of aromatic nitrogens is 2. The molecule has 2 aromatic heterocycles. The highest BCUT2D eigenvalue weighted by molar-refractivity contribution is 5.82. The summed E-state index contributed by atoms with van der Waals surface area (Å²) in [6, 6.07) is 9.08. The van der Waals surface area contributed by atoms with Crippen LogP contribution >= 0.6 is 0 Å². The number of nitrogens with zero attached hydrogens (tertiary/aromatic N) is 3. The molecule has 0 unspecified atom stereocenters. The van der Waals surface area contributed by atoms with Crippen molar-refractivity contribution in [3.05, 3.63) is 69.9 Å². The molecule has 0 spiro atoms. The van der Waals surface area contributed by atoms with Crippen molar-refractivity contribution in [1.82, 2.24) is 19.8 Å². The van der Waals surface area contributed by atoms with Gasteiger partial charge in [-0.25, -0.2) is 0 Å². The third-order valence-electron chi connectivity index (χ3n) is 7.17. The summed E-state index contributed by atoms with van der Waals surface area (Å²) in [6.07, 6.45) is 7.78. The molecule has 5 rings (SSSR count). The van der Waals surface area contributed by atoms with E-state index < -0.39 is 6.04 Å². The van der Waals surface area contributed by atoms with Crippen molar-refractivity contribution < 1.29 is 9.90 Å². The van der Waals surface area contributed by atoms with Gasteiger partial charge in [0.05, 0.1) is 17.8 Å². The maximum atomic E-state index is 13.3. The molecule has 7 heteroatoms. The lowest BCUT2D eigenvalue weighted by molar-refractivity contribution is -0.128. The summed E-state index contributed by atoms with van der Waals surface area (Å²) in [5.74, 6) is 0.308. The highest BCUT2D eigenvalue weighted by atomic mass is 16.3. The zero-order valence-corrected chi connectivity index (χ0v) is 18.4. The normalized spacial score (nSPS) is 26.9. The molecule has 4 heterocycles. The van der Waals surface area contributed by atoms with Crippen LogP contribution in [0, 0.1) is 17.8 Å². The maximum Gasteiger partial charge on any atom is 0.258 e. The molecule has 2 aliphatic heterocycles. The Labute approximate surface area is 187 Å². The first kappa shape index (κ1) is 21.1. The first-order valence-corrected chi connectivity index (χ1v) is 11.5. The maximum absolute atomic E-state index is 13.3. The van der Waals surface area contributed by atoms with Gasteiger partial charge in [0, 0.05) is 55.5 Å². The average Bonchev–Trinajstić information content (AvgIpc) is 3.48. The number of carbonyl (C=O) groups is 1. The van der Waals surface area contributed by atoms with Crippen LogP contribution in [0.4, 0.5) is 0 Å². The van der Waals surface area contributed by atoms with Gasteiger partial charge in [-0.2, -0.15) is 0 Å². The lowest BCUT2D eigenvalue weighted by Crippen LogP contribution is -2.48. The second-order valence-corrected chi connectivity index (χ2v) is 9.21. The number of allylic oxidation sites excluding steroid dienone is 1. The molecule has 32 heavy (non-hydrogen) atoms. The summed E-state index contributed by atoms with van der Waals surface area (Å²) in [7, 11) is 0. The Morgan fingerprint density at radius 3 is 2.81 bits per heavy atom. The van der Waals surface area contributed by atoms with Gasteiger partial charge in [-0.1, -0.05) is 18.2 Å². The van der Waals surface area contributed by atoms with E-state index in [-0.39, 0.29) is 36.0 Å². The number of nitrogens with one attached hydrogen (secondary N) is 1. The fraction of sp³-hybridized carbons (Fsp3) is 0.480. The number of hydrogen-bond acceptors (Lipinski definition) is 5. The van der Waals surface area contributed by atoms with Crippen molar-refractivity contribution in [3.63, 3.8) is 0 Å². The van der Waals surface area contributed by atoms with Crippen molar-refractivity contribution in [1.29, 1.82) is 0 Å². The SMILES string of the molecule is C/C=C\c1ccc2n(c1=O)C[C@H]1[C@H](CO)[C@@H](C(=O)NCC3CC3)N(Cc3ccccn3)[C@@H]21. The number of aliphatic hydroxyl groups is 1. The molecule has 0 radical (unpaired) electrons. The summed E-state index contributed by atoms with van der Waals surface area (Å²) >= 11 is 0. The van der Waals surface area contributed by atoms with Gasteiger partial charge >= 0.3 is 0 Å². The van der Waals surface area contributed by atoms with E-state index in [1.54, 1.807) is 6.20 Å². The Morgan fingerprint density at radius 2 is 2.12 bits per heavy atom. The summed E-state index contributed by atoms with van der Waals surface area (Å²) in [5, 5.41) is 13.5. The molecule has 0 aromatic carbocycles. The van der Waals surface area contributed by atoms with E-state index >= 15 is 0 Å². The number of likely N-dealkylation sites (tertiary alicyclic amines) is 1. The lowest BCUT2D eigenvalue weighted by Gasteiger charge is -2.30. The highest BCUT2D eigenvalue weighted by Gasteiger charge is 2.55. The number of aliphatic hydroxyl groups excluding tert-OH is 1. The van der Waals surface area contributed by atoms with Crippen molar-refractivity contribution in [2.75, 3.05) is 13.2 Å². The van der Waals surface area contributed by atoms with E-state index in [4.69, 9.17) is 0 Å². The quantitative estimate of drug-likeness (QED) is 0.696. The molecule has 1 aliphatic carbocycles. The van der Waals surface area contributed by atoms with Crippen LogP contribution in [-0.4, -0.2) is 44.7 Å². The van der Waals surface area contributed by atoms with Crippen LogP contribution in [0.2, 0.25) is 0 Å². The number of carbonyl (C=O) groups excluding carboxylic acids is 1. The third kappa shape index (κ3) is 3.69. The molecular weight excluding hydrogens is 404 g/mol. The van der Waals surface area contributed by atoms with Crippen LogP contribution in [0.1, 0.15) is 42.8 Å². The van der Waals surface area contributed by atoms with Gasteiger partial charge in [-0.05, 0) is 49.9 Å². The molecule has 7 nitrogen and oxygen atoms in total. The molecule has 3 aliphatic rings. The summed E-state index contributed by atoms with van der Waals surface area (Å²) in [6.45, 7) is 3.51. The zero-order chi connectivity index (χ0) is 22.2. The third-order valence-corrected chi connectivity index (χ3v) is 7.17. The first-order valence-electron chi connectivity index (χ1n) is 11.5. The van der Waals surface area contributed by atoms with E-state index in [9.17, 15) is 14.7 Å². The summed E-state index contributed by atoms with van der Waals surface area (Å²) in [4.78, 5) is 33.1. The monoisotopic (exact) mass is 434 g/mol. The van der Waals surface area contributed by atoms with Gasteiger partial charge in [-0.3, -0.25) is 19.5 Å². The summed E-state index contributed by atoms with van der Waals surface area (Å²) in [5.41, 5.74) is 2.43. The summed E-state index contributed by atoms with van der Waals surface area (Å²) < 4.78 is 1.83. The standard InChI is InChI=1S/C25H30N4O3/c1-2-5-17-9-10-21-22-19(14-28(21)25(17)32)20(15-30)23(24(31)27-12-16-7-8-16)29(22)13-18-6-3-4-11-26-18/h2-6,9-11,16,19-20,22-23,30H,7-8,12-15H2,1H3,(H,27,31)/b5-2-/t19-,20-,22+,23-/m0/s1. The molecular formula is C25H30N4O3. The number of amides is 1. The van der Waals surface area contributed by atoms with Crippen molar-refractivity contribution >= 4 is 12.0 Å². The predicted molar refractivity (Wildman–Crippen MR) is 122 cm³/mol. The van der Waals surface area contributed by atoms with Gasteiger partial charge in [0.15, 0.2) is 0 Å². The van der Waals surface area contributed by atoms with Crippen LogP contribution in [-0.2, 0) is 17.9 Å². The minimum Gasteiger partial charge on any atom is -0.396 e. The number of rotatable bonds is 7. The van der Waals surface area contributed by atoms with Crippen molar-refractivity contribution in [3.8, 4) is 0 Å². The van der Waals surface area contributed by atoms with Crippen LogP contribution in [0.25, 0.3) is 6.08 Å². The number of fused-ring (bicyclic) bond motifs is 3. The Bertz CT molecular complexity index is 1080. The van der Waals surface area contributed by atoms with E-state index in [1.165, 1.54) is 12.8 Å². The van der Waals surface area contributed by atoms with Gasteiger partial charge in [0.25, 0.3) is 5.56 Å². The van der Waals surface area contributed by atoms with E-state index in [0.717, 1.165) is 11.4 Å². The Hall–Kier alpha value is -2.77. The zero-order valence-electron chi connectivity index (χ0n) is 18.4. The topological polar surface area (TPSA) is 87.5 Å². The number of pyridine rings is 2. The van der Waals surface area contributed by atoms with Gasteiger partial charge in [-0.15, -0.1) is 0 Å². The van der Waals surface area contributed by atoms with Crippen LogP contribution in [0.3, 0.4) is 0 Å². The fourth-order valence-electron chi connectivity index (χ4n) is 5.46. The van der Waals surface area contributed by atoms with E-state index in [2.05, 4.69) is 15.2 Å². The Morgan fingerprint density at radius 1 is 1.28 bits per heavy atom. The second kappa shape index (κ2) is 8.64. The van der Waals surface area contributed by atoms with E-state index in [1.807, 2.05) is 54.0 Å². The minimum absolute atomic E-state index is 0.00561.